The molecule has 0 bridgehead atoms. The third-order valence-electron chi connectivity index (χ3n) is 3.00. The first-order valence-electron chi connectivity index (χ1n) is 6.48. The lowest BCUT2D eigenvalue weighted by molar-refractivity contribution is -0.115. The fourth-order valence-corrected chi connectivity index (χ4v) is 2.15. The van der Waals surface area contributed by atoms with Gasteiger partial charge in [0.1, 0.15) is 0 Å². The van der Waals surface area contributed by atoms with Crippen LogP contribution in [0.15, 0.2) is 42.5 Å². The smallest absolute Gasteiger partial charge is 0.228 e. The Morgan fingerprint density at radius 2 is 1.81 bits per heavy atom. The van der Waals surface area contributed by atoms with Gasteiger partial charge in [-0.05, 0) is 30.2 Å². The van der Waals surface area contributed by atoms with Gasteiger partial charge in [-0.2, -0.15) is 0 Å². The molecule has 0 aromatic heterocycles. The molecule has 0 aliphatic heterocycles. The van der Waals surface area contributed by atoms with Gasteiger partial charge in [-0.15, -0.1) is 11.6 Å². The molecular formula is C16H14ClF2NO. The molecular weight excluding hydrogens is 296 g/mol. The molecule has 21 heavy (non-hydrogen) atoms. The number of amides is 1. The third-order valence-corrected chi connectivity index (χ3v) is 3.19. The Morgan fingerprint density at radius 3 is 2.48 bits per heavy atom. The predicted octanol–water partition coefficient (Wildman–Crippen LogP) is 3.93. The van der Waals surface area contributed by atoms with Crippen LogP contribution in [0.1, 0.15) is 11.1 Å². The zero-order valence-electron chi connectivity index (χ0n) is 11.2. The van der Waals surface area contributed by atoms with Gasteiger partial charge in [0.25, 0.3) is 0 Å². The molecule has 0 saturated heterocycles. The van der Waals surface area contributed by atoms with Crippen LogP contribution in [0.3, 0.4) is 0 Å². The Balaban J connectivity index is 1.99. The van der Waals surface area contributed by atoms with E-state index in [1.807, 2.05) is 12.1 Å². The fourth-order valence-electron chi connectivity index (χ4n) is 1.93. The number of nitrogens with one attached hydrogen (secondary N) is 1. The van der Waals surface area contributed by atoms with Crippen LogP contribution in [-0.4, -0.2) is 11.8 Å². The quantitative estimate of drug-likeness (QED) is 0.833. The number of hydrogen-bond donors (Lipinski definition) is 1. The summed E-state index contributed by atoms with van der Waals surface area (Å²) in [6.45, 7) is 0. The Hall–Kier alpha value is -1.94. The molecule has 0 aliphatic rings. The third kappa shape index (κ3) is 4.26. The van der Waals surface area contributed by atoms with Gasteiger partial charge in [-0.25, -0.2) is 8.78 Å². The minimum absolute atomic E-state index is 0.0336. The molecule has 0 heterocycles. The molecule has 0 fully saturated rings. The Morgan fingerprint density at radius 1 is 1.10 bits per heavy atom. The van der Waals surface area contributed by atoms with Crippen LogP contribution in [0.2, 0.25) is 0 Å². The van der Waals surface area contributed by atoms with Crippen LogP contribution < -0.4 is 5.32 Å². The molecule has 110 valence electrons. The second-order valence-corrected chi connectivity index (χ2v) is 4.95. The van der Waals surface area contributed by atoms with E-state index >= 15 is 0 Å². The van der Waals surface area contributed by atoms with Crippen molar-refractivity contribution in [3.05, 3.63) is 65.2 Å². The van der Waals surface area contributed by atoms with E-state index in [4.69, 9.17) is 11.6 Å². The maximum Gasteiger partial charge on any atom is 0.228 e. The van der Waals surface area contributed by atoms with E-state index in [9.17, 15) is 13.6 Å². The van der Waals surface area contributed by atoms with Crippen molar-refractivity contribution in [3.8, 4) is 0 Å². The summed E-state index contributed by atoms with van der Waals surface area (Å²) in [6, 6.07) is 11.0. The van der Waals surface area contributed by atoms with Gasteiger partial charge in [0.2, 0.25) is 5.91 Å². The van der Waals surface area contributed by atoms with E-state index < -0.39 is 17.5 Å². The predicted molar refractivity (Wildman–Crippen MR) is 79.6 cm³/mol. The second kappa shape index (κ2) is 7.18. The number of benzene rings is 2. The summed E-state index contributed by atoms with van der Waals surface area (Å²) < 4.78 is 26.5. The zero-order valence-corrected chi connectivity index (χ0v) is 12.0. The number of alkyl halides is 1. The van der Waals surface area contributed by atoms with E-state index in [0.29, 0.717) is 11.6 Å². The van der Waals surface area contributed by atoms with E-state index in [2.05, 4.69) is 5.32 Å². The van der Waals surface area contributed by atoms with E-state index in [1.165, 1.54) is 12.1 Å². The van der Waals surface area contributed by atoms with Gasteiger partial charge in [-0.3, -0.25) is 4.79 Å². The van der Waals surface area contributed by atoms with Crippen LogP contribution in [0, 0.1) is 11.6 Å². The fraction of sp³-hybridized carbons (Fsp3) is 0.188. The van der Waals surface area contributed by atoms with E-state index in [0.717, 1.165) is 18.1 Å². The molecule has 2 aromatic rings. The van der Waals surface area contributed by atoms with Crippen molar-refractivity contribution in [3.63, 3.8) is 0 Å². The highest BCUT2D eigenvalue weighted by atomic mass is 35.5. The van der Waals surface area contributed by atoms with Crippen molar-refractivity contribution >= 4 is 23.2 Å². The van der Waals surface area contributed by atoms with Crippen molar-refractivity contribution in [2.24, 2.45) is 0 Å². The molecule has 0 unspecified atom stereocenters. The number of rotatable bonds is 5. The van der Waals surface area contributed by atoms with Crippen LogP contribution in [0.5, 0.6) is 0 Å². The molecule has 2 rings (SSSR count). The molecule has 0 atom stereocenters. The average Bonchev–Trinajstić information content (AvgIpc) is 2.46. The van der Waals surface area contributed by atoms with Gasteiger partial charge in [0.05, 0.1) is 6.42 Å². The van der Waals surface area contributed by atoms with Gasteiger partial charge in [0.15, 0.2) is 11.6 Å². The molecule has 5 heteroatoms. The van der Waals surface area contributed by atoms with Crippen LogP contribution in [-0.2, 0) is 17.6 Å². The standard InChI is InChI=1S/C16H14ClF2NO/c17-9-8-11-4-6-13(7-5-11)20-15(21)10-12-2-1-3-14(18)16(12)19/h1-7H,8-10H2,(H,20,21). The molecule has 2 aromatic carbocycles. The number of carbonyl (C=O) groups is 1. The lowest BCUT2D eigenvalue weighted by Crippen LogP contribution is -2.15. The number of aryl methyl sites for hydroxylation is 1. The average molecular weight is 310 g/mol. The molecule has 0 saturated carbocycles. The zero-order chi connectivity index (χ0) is 15.2. The SMILES string of the molecule is O=C(Cc1cccc(F)c1F)Nc1ccc(CCCl)cc1. The highest BCUT2D eigenvalue weighted by Gasteiger charge is 2.11. The Kier molecular flexibility index (Phi) is 5.28. The maximum absolute atomic E-state index is 13.5. The highest BCUT2D eigenvalue weighted by molar-refractivity contribution is 6.18. The normalized spacial score (nSPS) is 10.4. The van der Waals surface area contributed by atoms with E-state index in [-0.39, 0.29) is 12.0 Å². The summed E-state index contributed by atoms with van der Waals surface area (Å²) in [7, 11) is 0. The number of halogens is 3. The van der Waals surface area contributed by atoms with Gasteiger partial charge in [-0.1, -0.05) is 24.3 Å². The summed E-state index contributed by atoms with van der Waals surface area (Å²) in [5.74, 6) is -1.80. The summed E-state index contributed by atoms with van der Waals surface area (Å²) >= 11 is 5.64. The van der Waals surface area contributed by atoms with Gasteiger partial charge >= 0.3 is 0 Å². The lowest BCUT2D eigenvalue weighted by Gasteiger charge is -2.07. The minimum Gasteiger partial charge on any atom is -0.326 e. The first kappa shape index (κ1) is 15.4. The number of anilines is 1. The minimum atomic E-state index is -0.981. The topological polar surface area (TPSA) is 29.1 Å². The lowest BCUT2D eigenvalue weighted by atomic mass is 10.1. The van der Waals surface area contributed by atoms with Crippen LogP contribution in [0.4, 0.5) is 14.5 Å². The first-order valence-corrected chi connectivity index (χ1v) is 7.01. The van der Waals surface area contributed by atoms with Gasteiger partial charge in [0, 0.05) is 17.1 Å². The second-order valence-electron chi connectivity index (χ2n) is 4.57. The highest BCUT2D eigenvalue weighted by Crippen LogP contribution is 2.14. The monoisotopic (exact) mass is 309 g/mol. The summed E-state index contributed by atoms with van der Waals surface area (Å²) in [4.78, 5) is 11.8. The van der Waals surface area contributed by atoms with Crippen molar-refractivity contribution in [2.45, 2.75) is 12.8 Å². The molecule has 2 nitrogen and oxygen atoms in total. The largest absolute Gasteiger partial charge is 0.326 e. The molecule has 0 spiro atoms. The number of hydrogen-bond acceptors (Lipinski definition) is 1. The molecule has 1 amide bonds. The van der Waals surface area contributed by atoms with Crippen molar-refractivity contribution in [1.29, 1.82) is 0 Å². The van der Waals surface area contributed by atoms with Crippen molar-refractivity contribution in [2.75, 3.05) is 11.2 Å². The van der Waals surface area contributed by atoms with Crippen LogP contribution >= 0.6 is 11.6 Å². The van der Waals surface area contributed by atoms with Crippen LogP contribution in [0.25, 0.3) is 0 Å². The Bertz CT molecular complexity index is 629. The summed E-state index contributed by atoms with van der Waals surface area (Å²) in [6.07, 6.45) is 0.539. The number of carbonyl (C=O) groups excluding carboxylic acids is 1. The first-order chi connectivity index (χ1) is 10.1. The maximum atomic E-state index is 13.5. The van der Waals surface area contributed by atoms with Crippen molar-refractivity contribution < 1.29 is 13.6 Å². The van der Waals surface area contributed by atoms with Crippen molar-refractivity contribution in [1.82, 2.24) is 0 Å². The Labute approximate surface area is 126 Å². The van der Waals surface area contributed by atoms with E-state index in [1.54, 1.807) is 12.1 Å². The summed E-state index contributed by atoms with van der Waals surface area (Å²) in [5, 5.41) is 2.65. The summed E-state index contributed by atoms with van der Waals surface area (Å²) in [5.41, 5.74) is 1.71. The molecule has 0 aliphatic carbocycles. The molecule has 1 N–H and O–H groups in total. The molecule has 0 radical (unpaired) electrons. The van der Waals surface area contributed by atoms with Gasteiger partial charge < -0.3 is 5.32 Å².